The second kappa shape index (κ2) is 2.30. The molecule has 1 nitrogen and oxygen atoms in total. The van der Waals surface area contributed by atoms with Crippen LogP contribution in [0, 0.1) is 5.92 Å². The Labute approximate surface area is 56.8 Å². The molecule has 1 saturated carbocycles. The molecular formula is C8H15N. The Morgan fingerprint density at radius 3 is 2.67 bits per heavy atom. The second-order valence-corrected chi connectivity index (χ2v) is 3.41. The minimum atomic E-state index is 0.924. The molecule has 1 heterocycles. The van der Waals surface area contributed by atoms with Crippen molar-refractivity contribution in [3.63, 3.8) is 0 Å². The Balaban J connectivity index is 1.90. The molecule has 1 heteroatoms. The number of fused-ring (bicyclic) bond motifs is 1. The summed E-state index contributed by atoms with van der Waals surface area (Å²) in [4.78, 5) is 0. The molecule has 1 N–H and O–H groups in total. The molecule has 0 spiro atoms. The van der Waals surface area contributed by atoms with Gasteiger partial charge in [-0.1, -0.05) is 19.3 Å². The van der Waals surface area contributed by atoms with Gasteiger partial charge in [-0.2, -0.15) is 0 Å². The average molecular weight is 125 g/mol. The minimum absolute atomic E-state index is 0.924. The first kappa shape index (κ1) is 5.72. The Hall–Kier alpha value is -0.0400. The van der Waals surface area contributed by atoms with Gasteiger partial charge in [-0.05, 0) is 25.3 Å². The van der Waals surface area contributed by atoms with Crippen LogP contribution in [0.5, 0.6) is 0 Å². The van der Waals surface area contributed by atoms with Crippen molar-refractivity contribution in [3.8, 4) is 0 Å². The van der Waals surface area contributed by atoms with Gasteiger partial charge in [0.1, 0.15) is 0 Å². The van der Waals surface area contributed by atoms with Crippen LogP contribution in [0.3, 0.4) is 0 Å². The van der Waals surface area contributed by atoms with Gasteiger partial charge in [0.25, 0.3) is 0 Å². The van der Waals surface area contributed by atoms with Gasteiger partial charge in [0.05, 0.1) is 0 Å². The largest absolute Gasteiger partial charge is 0.313 e. The molecule has 52 valence electrons. The maximum absolute atomic E-state index is 3.49. The Morgan fingerprint density at radius 1 is 1.00 bits per heavy atom. The summed E-state index contributed by atoms with van der Waals surface area (Å²) < 4.78 is 0. The van der Waals surface area contributed by atoms with Gasteiger partial charge in [-0.3, -0.25) is 0 Å². The SMILES string of the molecule is C1CCC2CNC2CC1. The molecule has 1 saturated heterocycles. The van der Waals surface area contributed by atoms with Crippen molar-refractivity contribution in [1.82, 2.24) is 5.32 Å². The third kappa shape index (κ3) is 0.983. The highest BCUT2D eigenvalue weighted by Crippen LogP contribution is 2.28. The smallest absolute Gasteiger partial charge is 0.0108 e. The van der Waals surface area contributed by atoms with Gasteiger partial charge in [0, 0.05) is 6.04 Å². The second-order valence-electron chi connectivity index (χ2n) is 3.41. The number of rotatable bonds is 0. The van der Waals surface area contributed by atoms with Crippen molar-refractivity contribution in [2.45, 2.75) is 38.1 Å². The minimum Gasteiger partial charge on any atom is -0.313 e. The molecule has 2 unspecified atom stereocenters. The highest BCUT2D eigenvalue weighted by molar-refractivity contribution is 4.89. The third-order valence-electron chi connectivity index (χ3n) is 2.80. The molecule has 0 aromatic rings. The van der Waals surface area contributed by atoms with E-state index in [0.29, 0.717) is 0 Å². The van der Waals surface area contributed by atoms with Crippen LogP contribution >= 0.6 is 0 Å². The summed E-state index contributed by atoms with van der Waals surface area (Å²) in [6.07, 6.45) is 7.38. The topological polar surface area (TPSA) is 12.0 Å². The maximum atomic E-state index is 3.49. The third-order valence-corrected chi connectivity index (χ3v) is 2.80. The molecule has 1 aliphatic heterocycles. The fraction of sp³-hybridized carbons (Fsp3) is 1.00. The first-order valence-electron chi connectivity index (χ1n) is 4.20. The summed E-state index contributed by atoms with van der Waals surface area (Å²) >= 11 is 0. The van der Waals surface area contributed by atoms with Crippen molar-refractivity contribution in [3.05, 3.63) is 0 Å². The lowest BCUT2D eigenvalue weighted by Gasteiger charge is -2.36. The normalized spacial score (nSPS) is 42.7. The van der Waals surface area contributed by atoms with Crippen LogP contribution in [0.25, 0.3) is 0 Å². The zero-order valence-electron chi connectivity index (χ0n) is 5.90. The van der Waals surface area contributed by atoms with E-state index in [1.54, 1.807) is 0 Å². The lowest BCUT2D eigenvalue weighted by atomic mass is 9.88. The van der Waals surface area contributed by atoms with Crippen LogP contribution in [0.4, 0.5) is 0 Å². The zero-order chi connectivity index (χ0) is 6.10. The fourth-order valence-electron chi connectivity index (χ4n) is 2.04. The van der Waals surface area contributed by atoms with Gasteiger partial charge >= 0.3 is 0 Å². The molecule has 0 bridgehead atoms. The fourth-order valence-corrected chi connectivity index (χ4v) is 2.04. The molecule has 2 fully saturated rings. The van der Waals surface area contributed by atoms with Crippen molar-refractivity contribution in [1.29, 1.82) is 0 Å². The summed E-state index contributed by atoms with van der Waals surface area (Å²) in [5, 5.41) is 3.49. The van der Waals surface area contributed by atoms with Crippen LogP contribution in [-0.4, -0.2) is 12.6 Å². The molecule has 0 aromatic heterocycles. The molecule has 0 radical (unpaired) electrons. The van der Waals surface area contributed by atoms with Gasteiger partial charge in [-0.15, -0.1) is 0 Å². The summed E-state index contributed by atoms with van der Waals surface area (Å²) in [6.45, 7) is 1.31. The molecule has 9 heavy (non-hydrogen) atoms. The molecular weight excluding hydrogens is 110 g/mol. The van der Waals surface area contributed by atoms with E-state index in [1.165, 1.54) is 38.6 Å². The molecule has 2 atom stereocenters. The van der Waals surface area contributed by atoms with Crippen molar-refractivity contribution in [2.24, 2.45) is 5.92 Å². The van der Waals surface area contributed by atoms with Crippen LogP contribution < -0.4 is 5.32 Å². The molecule has 2 rings (SSSR count). The molecule has 2 aliphatic rings. The predicted molar refractivity (Wildman–Crippen MR) is 38.4 cm³/mol. The summed E-state index contributed by atoms with van der Waals surface area (Å²) in [5.41, 5.74) is 0. The monoisotopic (exact) mass is 125 g/mol. The van der Waals surface area contributed by atoms with E-state index in [-0.39, 0.29) is 0 Å². The van der Waals surface area contributed by atoms with E-state index < -0.39 is 0 Å². The van der Waals surface area contributed by atoms with Crippen molar-refractivity contribution < 1.29 is 0 Å². The highest BCUT2D eigenvalue weighted by Gasteiger charge is 2.30. The number of nitrogens with one attached hydrogen (secondary N) is 1. The molecule has 1 aliphatic carbocycles. The standard InChI is InChI=1S/C8H15N/c1-2-4-7-6-9-8(7)5-3-1/h7-9H,1-6H2. The average Bonchev–Trinajstić information content (AvgIpc) is 1.94. The van der Waals surface area contributed by atoms with Gasteiger partial charge in [0.2, 0.25) is 0 Å². The number of hydrogen-bond donors (Lipinski definition) is 1. The highest BCUT2D eigenvalue weighted by atomic mass is 15.0. The summed E-state index contributed by atoms with van der Waals surface area (Å²) in [5.74, 6) is 1.06. The van der Waals surface area contributed by atoms with Crippen molar-refractivity contribution >= 4 is 0 Å². The first-order valence-corrected chi connectivity index (χ1v) is 4.20. The van der Waals surface area contributed by atoms with E-state index in [0.717, 1.165) is 12.0 Å². The predicted octanol–water partition coefficient (Wildman–Crippen LogP) is 1.54. The maximum Gasteiger partial charge on any atom is 0.0108 e. The van der Waals surface area contributed by atoms with Gasteiger partial charge < -0.3 is 5.32 Å². The van der Waals surface area contributed by atoms with E-state index in [1.807, 2.05) is 0 Å². The lowest BCUT2D eigenvalue weighted by Crippen LogP contribution is -2.51. The lowest BCUT2D eigenvalue weighted by molar-refractivity contribution is 0.219. The quantitative estimate of drug-likeness (QED) is 0.518. The Morgan fingerprint density at radius 2 is 1.89 bits per heavy atom. The van der Waals surface area contributed by atoms with E-state index in [4.69, 9.17) is 0 Å². The summed E-state index contributed by atoms with van der Waals surface area (Å²) in [6, 6.07) is 0.924. The van der Waals surface area contributed by atoms with Crippen LogP contribution in [0.2, 0.25) is 0 Å². The van der Waals surface area contributed by atoms with Gasteiger partial charge in [-0.25, -0.2) is 0 Å². The van der Waals surface area contributed by atoms with Crippen LogP contribution in [0.15, 0.2) is 0 Å². The first-order chi connectivity index (χ1) is 4.47. The van der Waals surface area contributed by atoms with E-state index >= 15 is 0 Å². The number of hydrogen-bond acceptors (Lipinski definition) is 1. The molecule has 0 amide bonds. The van der Waals surface area contributed by atoms with E-state index in [2.05, 4.69) is 5.32 Å². The van der Waals surface area contributed by atoms with E-state index in [9.17, 15) is 0 Å². The van der Waals surface area contributed by atoms with Crippen LogP contribution in [-0.2, 0) is 0 Å². The zero-order valence-corrected chi connectivity index (χ0v) is 5.90. The molecule has 0 aromatic carbocycles. The Kier molecular flexibility index (Phi) is 1.46. The van der Waals surface area contributed by atoms with Crippen LogP contribution in [0.1, 0.15) is 32.1 Å². The Bertz CT molecular complexity index is 88.7. The van der Waals surface area contributed by atoms with Crippen molar-refractivity contribution in [2.75, 3.05) is 6.54 Å². The summed E-state index contributed by atoms with van der Waals surface area (Å²) in [7, 11) is 0. The van der Waals surface area contributed by atoms with Gasteiger partial charge in [0.15, 0.2) is 0 Å².